The number of thiazole rings is 1. The summed E-state index contributed by atoms with van der Waals surface area (Å²) < 4.78 is 0. The Bertz CT molecular complexity index is 998. The summed E-state index contributed by atoms with van der Waals surface area (Å²) in [5.41, 5.74) is 3.96. The Balaban J connectivity index is 1.36. The number of carbonyl (C=O) groups excluding carboxylic acids is 2. The molecule has 6 nitrogen and oxygen atoms in total. The van der Waals surface area contributed by atoms with Crippen molar-refractivity contribution in [1.82, 2.24) is 4.98 Å². The van der Waals surface area contributed by atoms with Crippen molar-refractivity contribution in [2.24, 2.45) is 0 Å². The molecule has 0 bridgehead atoms. The van der Waals surface area contributed by atoms with E-state index in [-0.39, 0.29) is 18.2 Å². The highest BCUT2D eigenvalue weighted by molar-refractivity contribution is 7.14. The summed E-state index contributed by atoms with van der Waals surface area (Å²) in [5.74, 6) is -0.304. The van der Waals surface area contributed by atoms with Gasteiger partial charge < -0.3 is 10.2 Å². The molecule has 0 atom stereocenters. The van der Waals surface area contributed by atoms with Crippen LogP contribution in [-0.2, 0) is 17.6 Å². The van der Waals surface area contributed by atoms with Crippen LogP contribution < -0.4 is 15.5 Å². The van der Waals surface area contributed by atoms with E-state index in [9.17, 15) is 9.59 Å². The van der Waals surface area contributed by atoms with E-state index in [0.29, 0.717) is 15.7 Å². The molecule has 1 aliphatic rings. The molecule has 0 aliphatic carbocycles. The summed E-state index contributed by atoms with van der Waals surface area (Å²) in [4.78, 5) is 31.8. The van der Waals surface area contributed by atoms with Gasteiger partial charge in [0, 0.05) is 29.8 Å². The Hall–Kier alpha value is -2.71. The van der Waals surface area contributed by atoms with Crippen LogP contribution in [0.1, 0.15) is 27.9 Å². The number of amides is 2. The Labute approximate surface area is 171 Å². The molecule has 0 saturated heterocycles. The molecule has 3 heterocycles. The number of rotatable bonds is 6. The van der Waals surface area contributed by atoms with Gasteiger partial charge >= 0.3 is 0 Å². The second kappa shape index (κ2) is 8.12. The van der Waals surface area contributed by atoms with Crippen molar-refractivity contribution in [2.45, 2.75) is 19.8 Å². The lowest BCUT2D eigenvalue weighted by Gasteiger charge is -2.17. The lowest BCUT2D eigenvalue weighted by Crippen LogP contribution is -2.19. The molecule has 2 amide bonds. The molecule has 0 spiro atoms. The molecular weight excluding hydrogens is 392 g/mol. The van der Waals surface area contributed by atoms with Crippen molar-refractivity contribution in [2.75, 3.05) is 28.6 Å². The lowest BCUT2D eigenvalue weighted by molar-refractivity contribution is -0.115. The number of benzene rings is 1. The Kier molecular flexibility index (Phi) is 5.40. The monoisotopic (exact) mass is 412 g/mol. The van der Waals surface area contributed by atoms with Crippen molar-refractivity contribution < 1.29 is 9.59 Å². The van der Waals surface area contributed by atoms with Crippen molar-refractivity contribution in [1.29, 1.82) is 0 Å². The first-order valence-corrected chi connectivity index (χ1v) is 10.9. The van der Waals surface area contributed by atoms with Gasteiger partial charge in [0.15, 0.2) is 5.13 Å². The van der Waals surface area contributed by atoms with Crippen LogP contribution in [0.3, 0.4) is 0 Å². The zero-order chi connectivity index (χ0) is 19.5. The Morgan fingerprint density at radius 1 is 1.21 bits per heavy atom. The van der Waals surface area contributed by atoms with Gasteiger partial charge in [-0.25, -0.2) is 4.98 Å². The number of carbonyl (C=O) groups is 2. The van der Waals surface area contributed by atoms with Crippen LogP contribution in [0.25, 0.3) is 0 Å². The minimum atomic E-state index is -0.182. The van der Waals surface area contributed by atoms with Crippen LogP contribution in [0, 0.1) is 0 Å². The molecule has 2 N–H and O–H groups in total. The van der Waals surface area contributed by atoms with E-state index in [1.54, 1.807) is 11.4 Å². The maximum Gasteiger partial charge on any atom is 0.267 e. The fraction of sp³-hybridized carbons (Fsp3) is 0.250. The van der Waals surface area contributed by atoms with Gasteiger partial charge in [-0.1, -0.05) is 12.1 Å². The van der Waals surface area contributed by atoms with E-state index in [1.807, 2.05) is 23.6 Å². The molecular formula is C20H20N4O2S2. The minimum Gasteiger partial charge on any atom is -0.371 e. The van der Waals surface area contributed by atoms with Gasteiger partial charge in [-0.2, -0.15) is 0 Å². The number of thiophene rings is 1. The highest BCUT2D eigenvalue weighted by Gasteiger charge is 2.18. The summed E-state index contributed by atoms with van der Waals surface area (Å²) in [6.07, 6.45) is 1.22. The summed E-state index contributed by atoms with van der Waals surface area (Å²) >= 11 is 2.69. The summed E-state index contributed by atoms with van der Waals surface area (Å²) in [5, 5.41) is 9.87. The van der Waals surface area contributed by atoms with Gasteiger partial charge in [-0.3, -0.25) is 14.9 Å². The van der Waals surface area contributed by atoms with Crippen LogP contribution in [0.15, 0.2) is 41.1 Å². The van der Waals surface area contributed by atoms with Gasteiger partial charge in [-0.05, 0) is 42.5 Å². The van der Waals surface area contributed by atoms with Crippen molar-refractivity contribution in [3.8, 4) is 0 Å². The maximum absolute atomic E-state index is 12.4. The molecule has 144 valence electrons. The molecule has 2 aromatic heterocycles. The predicted molar refractivity (Wildman–Crippen MR) is 115 cm³/mol. The molecule has 0 unspecified atom stereocenters. The van der Waals surface area contributed by atoms with Gasteiger partial charge in [0.25, 0.3) is 5.91 Å². The highest BCUT2D eigenvalue weighted by Crippen LogP contribution is 2.30. The van der Waals surface area contributed by atoms with Crippen LogP contribution in [0.4, 0.5) is 16.5 Å². The SMILES string of the molecule is CCN1CCc2ccc(NC(=O)Cc3csc(NC(=O)c4cccs4)n3)cc21. The highest BCUT2D eigenvalue weighted by atomic mass is 32.1. The van der Waals surface area contributed by atoms with E-state index in [4.69, 9.17) is 0 Å². The molecule has 1 aromatic carbocycles. The number of aromatic nitrogens is 1. The first kappa shape index (κ1) is 18.6. The quantitative estimate of drug-likeness (QED) is 0.641. The van der Waals surface area contributed by atoms with Crippen LogP contribution >= 0.6 is 22.7 Å². The number of hydrogen-bond donors (Lipinski definition) is 2. The Morgan fingerprint density at radius 2 is 2.11 bits per heavy atom. The second-order valence-corrected chi connectivity index (χ2v) is 8.28. The van der Waals surface area contributed by atoms with Gasteiger partial charge in [0.1, 0.15) is 0 Å². The number of nitrogens with one attached hydrogen (secondary N) is 2. The predicted octanol–water partition coefficient (Wildman–Crippen LogP) is 4.02. The number of fused-ring (bicyclic) bond motifs is 1. The fourth-order valence-electron chi connectivity index (χ4n) is 3.23. The van der Waals surface area contributed by atoms with E-state index in [0.717, 1.165) is 25.2 Å². The topological polar surface area (TPSA) is 74.3 Å². The number of nitrogens with zero attached hydrogens (tertiary/aromatic N) is 2. The Morgan fingerprint density at radius 3 is 2.89 bits per heavy atom. The standard InChI is InChI=1S/C20H20N4O2S2/c1-2-24-8-7-13-5-6-14(10-16(13)24)21-18(25)11-15-12-28-20(22-15)23-19(26)17-4-3-9-27-17/h3-6,9-10,12H,2,7-8,11H2,1H3,(H,21,25)(H,22,23,26). The maximum atomic E-state index is 12.4. The molecule has 8 heteroatoms. The van der Waals surface area contributed by atoms with Gasteiger partial charge in [0.2, 0.25) is 5.91 Å². The number of anilines is 3. The zero-order valence-electron chi connectivity index (χ0n) is 15.4. The smallest absolute Gasteiger partial charge is 0.267 e. The summed E-state index contributed by atoms with van der Waals surface area (Å²) in [6, 6.07) is 9.66. The molecule has 0 saturated carbocycles. The first-order valence-electron chi connectivity index (χ1n) is 9.09. The molecule has 1 aliphatic heterocycles. The van der Waals surface area contributed by atoms with Crippen molar-refractivity contribution >= 4 is 51.0 Å². The van der Waals surface area contributed by atoms with E-state index in [1.165, 1.54) is 33.9 Å². The third-order valence-electron chi connectivity index (χ3n) is 4.60. The van der Waals surface area contributed by atoms with E-state index >= 15 is 0 Å². The fourth-order valence-corrected chi connectivity index (χ4v) is 4.56. The van der Waals surface area contributed by atoms with Crippen LogP contribution in [0.2, 0.25) is 0 Å². The normalized spacial score (nSPS) is 12.7. The van der Waals surface area contributed by atoms with Crippen LogP contribution in [0.5, 0.6) is 0 Å². The molecule has 4 rings (SSSR count). The van der Waals surface area contributed by atoms with Crippen molar-refractivity contribution in [3.63, 3.8) is 0 Å². The molecule has 28 heavy (non-hydrogen) atoms. The largest absolute Gasteiger partial charge is 0.371 e. The average Bonchev–Trinajstić information content (AvgIpc) is 3.42. The van der Waals surface area contributed by atoms with Gasteiger partial charge in [-0.15, -0.1) is 22.7 Å². The first-order chi connectivity index (χ1) is 13.6. The third kappa shape index (κ3) is 4.07. The van der Waals surface area contributed by atoms with E-state index in [2.05, 4.69) is 33.5 Å². The molecule has 0 fully saturated rings. The lowest BCUT2D eigenvalue weighted by atomic mass is 10.1. The average molecular weight is 413 g/mol. The van der Waals surface area contributed by atoms with Crippen molar-refractivity contribution in [3.05, 3.63) is 57.2 Å². The molecule has 3 aromatic rings. The van der Waals surface area contributed by atoms with Crippen LogP contribution in [-0.4, -0.2) is 29.9 Å². The minimum absolute atomic E-state index is 0.123. The zero-order valence-corrected chi connectivity index (χ0v) is 17.0. The summed E-state index contributed by atoms with van der Waals surface area (Å²) in [6.45, 7) is 4.13. The number of hydrogen-bond acceptors (Lipinski definition) is 6. The van der Waals surface area contributed by atoms with E-state index < -0.39 is 0 Å². The third-order valence-corrected chi connectivity index (χ3v) is 6.28. The van der Waals surface area contributed by atoms with Gasteiger partial charge in [0.05, 0.1) is 17.0 Å². The summed E-state index contributed by atoms with van der Waals surface area (Å²) in [7, 11) is 0. The molecule has 0 radical (unpaired) electrons. The number of likely N-dealkylation sites (N-methyl/N-ethyl adjacent to an activating group) is 1. The second-order valence-electron chi connectivity index (χ2n) is 6.47.